The van der Waals surface area contributed by atoms with Gasteiger partial charge in [-0.15, -0.1) is 0 Å². The highest BCUT2D eigenvalue weighted by Crippen LogP contribution is 2.41. The zero-order valence-corrected chi connectivity index (χ0v) is 10.5. The molecular formula is C12H21NO3. The van der Waals surface area contributed by atoms with E-state index in [4.69, 9.17) is 4.74 Å². The molecule has 1 fully saturated rings. The molecule has 0 aromatic carbocycles. The number of hydrogen-bond donors (Lipinski definition) is 0. The topological polar surface area (TPSA) is 55.7 Å². The van der Waals surface area contributed by atoms with Crippen molar-refractivity contribution in [2.75, 3.05) is 0 Å². The third-order valence-electron chi connectivity index (χ3n) is 3.11. The summed E-state index contributed by atoms with van der Waals surface area (Å²) >= 11 is 0. The lowest BCUT2D eigenvalue weighted by Crippen LogP contribution is -2.22. The molecule has 0 spiro atoms. The first kappa shape index (κ1) is 13.2. The summed E-state index contributed by atoms with van der Waals surface area (Å²) in [4.78, 5) is 10.3. The van der Waals surface area contributed by atoms with Gasteiger partial charge in [0.25, 0.3) is 0 Å². The van der Waals surface area contributed by atoms with E-state index in [1.165, 1.54) is 5.57 Å². The molecule has 0 saturated carbocycles. The van der Waals surface area contributed by atoms with Gasteiger partial charge in [-0.3, -0.25) is 14.9 Å². The van der Waals surface area contributed by atoms with Crippen molar-refractivity contribution in [1.29, 1.82) is 0 Å². The van der Waals surface area contributed by atoms with Gasteiger partial charge in [0.2, 0.25) is 0 Å². The summed E-state index contributed by atoms with van der Waals surface area (Å²) in [6.07, 6.45) is 4.92. The third kappa shape index (κ3) is 3.30. The van der Waals surface area contributed by atoms with Crippen molar-refractivity contribution in [1.82, 2.24) is 0 Å². The second-order valence-corrected chi connectivity index (χ2v) is 5.12. The summed E-state index contributed by atoms with van der Waals surface area (Å²) < 4.78 is 5.15. The normalized spacial score (nSPS) is 29.6. The fraction of sp³-hybridized carbons (Fsp3) is 0.833. The predicted molar refractivity (Wildman–Crippen MR) is 62.7 cm³/mol. The molecule has 92 valence electrons. The van der Waals surface area contributed by atoms with Crippen LogP contribution in [0, 0.1) is 16.0 Å². The molecule has 3 unspecified atom stereocenters. The standard InChI is InChI=1S/C12H21NO3/c1-9(2)6-5-7-10(3)8-11-12(4,16-11)13(14)15/h6,10-11H,5,7-8H2,1-4H3. The van der Waals surface area contributed by atoms with E-state index in [-0.39, 0.29) is 11.0 Å². The molecule has 1 rings (SSSR count). The second-order valence-electron chi connectivity index (χ2n) is 5.12. The molecule has 1 saturated heterocycles. The molecule has 0 amide bonds. The second kappa shape index (κ2) is 4.95. The first-order chi connectivity index (χ1) is 7.36. The van der Waals surface area contributed by atoms with E-state index in [1.807, 2.05) is 0 Å². The van der Waals surface area contributed by atoms with Crippen molar-refractivity contribution in [3.05, 3.63) is 21.8 Å². The molecule has 0 aromatic heterocycles. The van der Waals surface area contributed by atoms with Gasteiger partial charge >= 0.3 is 5.72 Å². The molecule has 1 aliphatic heterocycles. The van der Waals surface area contributed by atoms with Gasteiger partial charge in [-0.25, -0.2) is 0 Å². The van der Waals surface area contributed by atoms with Crippen molar-refractivity contribution in [3.8, 4) is 0 Å². The van der Waals surface area contributed by atoms with Crippen LogP contribution in [0.3, 0.4) is 0 Å². The summed E-state index contributed by atoms with van der Waals surface area (Å²) in [7, 11) is 0. The molecule has 4 nitrogen and oxygen atoms in total. The maximum Gasteiger partial charge on any atom is 0.349 e. The SMILES string of the molecule is CC(C)=CCCC(C)CC1OC1(C)[N+](=O)[O-]. The highest BCUT2D eigenvalue weighted by atomic mass is 16.7. The minimum atomic E-state index is -1.11. The highest BCUT2D eigenvalue weighted by molar-refractivity contribution is 4.94. The Hall–Kier alpha value is -0.900. The molecule has 0 N–H and O–H groups in total. The van der Waals surface area contributed by atoms with Gasteiger partial charge in [0.15, 0.2) is 6.10 Å². The van der Waals surface area contributed by atoms with Crippen LogP contribution < -0.4 is 0 Å². The molecular weight excluding hydrogens is 206 g/mol. The van der Waals surface area contributed by atoms with Crippen molar-refractivity contribution in [2.45, 2.75) is 58.8 Å². The fourth-order valence-corrected chi connectivity index (χ4v) is 1.82. The van der Waals surface area contributed by atoms with Crippen LogP contribution in [0.2, 0.25) is 0 Å². The minimum Gasteiger partial charge on any atom is -0.299 e. The van der Waals surface area contributed by atoms with Crippen LogP contribution in [-0.4, -0.2) is 16.8 Å². The Morgan fingerprint density at radius 2 is 2.25 bits per heavy atom. The number of rotatable bonds is 6. The van der Waals surface area contributed by atoms with Crippen molar-refractivity contribution < 1.29 is 9.66 Å². The van der Waals surface area contributed by atoms with Crippen molar-refractivity contribution >= 4 is 0 Å². The van der Waals surface area contributed by atoms with E-state index in [1.54, 1.807) is 6.92 Å². The number of nitrogens with zero attached hydrogens (tertiary/aromatic N) is 1. The Morgan fingerprint density at radius 1 is 1.62 bits per heavy atom. The number of nitro groups is 1. The van der Waals surface area contributed by atoms with Gasteiger partial charge in [0.1, 0.15) is 0 Å². The number of hydrogen-bond acceptors (Lipinski definition) is 3. The Balaban J connectivity index is 2.25. The molecule has 1 heterocycles. The maximum atomic E-state index is 10.6. The lowest BCUT2D eigenvalue weighted by Gasteiger charge is -2.07. The van der Waals surface area contributed by atoms with E-state index >= 15 is 0 Å². The molecule has 3 atom stereocenters. The first-order valence-corrected chi connectivity index (χ1v) is 5.82. The lowest BCUT2D eigenvalue weighted by molar-refractivity contribution is -0.558. The van der Waals surface area contributed by atoms with Crippen LogP contribution in [0.25, 0.3) is 0 Å². The van der Waals surface area contributed by atoms with E-state index < -0.39 is 5.72 Å². The highest BCUT2D eigenvalue weighted by Gasteiger charge is 2.64. The van der Waals surface area contributed by atoms with Crippen LogP contribution in [0.4, 0.5) is 0 Å². The molecule has 0 aliphatic carbocycles. The third-order valence-corrected chi connectivity index (χ3v) is 3.11. The predicted octanol–water partition coefficient (Wildman–Crippen LogP) is 3.15. The van der Waals surface area contributed by atoms with Gasteiger partial charge < -0.3 is 0 Å². The van der Waals surface area contributed by atoms with Crippen LogP contribution in [0.5, 0.6) is 0 Å². The van der Waals surface area contributed by atoms with E-state index in [9.17, 15) is 10.1 Å². The minimum absolute atomic E-state index is 0.191. The van der Waals surface area contributed by atoms with Gasteiger partial charge in [-0.1, -0.05) is 18.6 Å². The molecule has 1 aliphatic rings. The average Bonchev–Trinajstić information content (AvgIpc) is 2.77. The van der Waals surface area contributed by atoms with Gasteiger partial charge in [-0.05, 0) is 39.0 Å². The monoisotopic (exact) mass is 227 g/mol. The van der Waals surface area contributed by atoms with Crippen molar-refractivity contribution in [2.24, 2.45) is 5.92 Å². The molecule has 0 bridgehead atoms. The van der Waals surface area contributed by atoms with E-state index in [0.29, 0.717) is 5.92 Å². The zero-order valence-electron chi connectivity index (χ0n) is 10.5. The molecule has 16 heavy (non-hydrogen) atoms. The van der Waals surface area contributed by atoms with Gasteiger partial charge in [0, 0.05) is 6.92 Å². The Morgan fingerprint density at radius 3 is 2.69 bits per heavy atom. The van der Waals surface area contributed by atoms with Crippen LogP contribution >= 0.6 is 0 Å². The Bertz CT molecular complexity index is 297. The van der Waals surface area contributed by atoms with Gasteiger partial charge in [-0.2, -0.15) is 0 Å². The summed E-state index contributed by atoms with van der Waals surface area (Å²) in [6.45, 7) is 7.85. The zero-order chi connectivity index (χ0) is 12.3. The van der Waals surface area contributed by atoms with Crippen LogP contribution in [0.1, 0.15) is 47.0 Å². The smallest absolute Gasteiger partial charge is 0.299 e. The van der Waals surface area contributed by atoms with Crippen LogP contribution in [-0.2, 0) is 4.74 Å². The molecule has 0 aromatic rings. The Labute approximate surface area is 96.8 Å². The van der Waals surface area contributed by atoms with Gasteiger partial charge in [0.05, 0.1) is 4.92 Å². The number of ether oxygens (including phenoxy) is 1. The van der Waals surface area contributed by atoms with Crippen LogP contribution in [0.15, 0.2) is 11.6 Å². The summed E-state index contributed by atoms with van der Waals surface area (Å²) in [6, 6.07) is 0. The fourth-order valence-electron chi connectivity index (χ4n) is 1.82. The molecule has 4 heteroatoms. The number of allylic oxidation sites excluding steroid dienone is 2. The van der Waals surface area contributed by atoms with Crippen molar-refractivity contribution in [3.63, 3.8) is 0 Å². The largest absolute Gasteiger partial charge is 0.349 e. The number of epoxide rings is 1. The maximum absolute atomic E-state index is 10.6. The first-order valence-electron chi connectivity index (χ1n) is 5.82. The summed E-state index contributed by atoms with van der Waals surface area (Å²) in [5.74, 6) is 0.474. The molecule has 0 radical (unpaired) electrons. The van der Waals surface area contributed by atoms with E-state index in [0.717, 1.165) is 19.3 Å². The summed E-state index contributed by atoms with van der Waals surface area (Å²) in [5, 5.41) is 10.6. The summed E-state index contributed by atoms with van der Waals surface area (Å²) in [5.41, 5.74) is 0.218. The average molecular weight is 227 g/mol. The quantitative estimate of drug-likeness (QED) is 0.303. The lowest BCUT2D eigenvalue weighted by atomic mass is 9.97. The Kier molecular flexibility index (Phi) is 4.08. The van der Waals surface area contributed by atoms with E-state index in [2.05, 4.69) is 26.8 Å².